The molecule has 6 rings (SSSR count). The molecule has 2 aromatic heterocycles. The zero-order chi connectivity index (χ0) is 56.1. The fraction of sp³-hybridized carbons (Fsp3) is 0.333. The lowest BCUT2D eigenvalue weighted by Crippen LogP contribution is -2.55. The number of aliphatic hydroxyl groups excluding tert-OH is 1. The van der Waals surface area contributed by atoms with Gasteiger partial charge < -0.3 is 20.2 Å². The quantitative estimate of drug-likeness (QED) is 0.0265. The maximum Gasteiger partial charge on any atom is 0.269 e. The number of hydrogen-bond acceptors (Lipinski definition) is 12. The van der Waals surface area contributed by atoms with Crippen LogP contribution in [0.5, 0.6) is 0 Å². The highest BCUT2D eigenvalue weighted by atomic mass is 35.6. The van der Waals surface area contributed by atoms with Gasteiger partial charge in [0.05, 0.1) is 48.6 Å². The van der Waals surface area contributed by atoms with Gasteiger partial charge in [0.25, 0.3) is 23.6 Å². The predicted octanol–water partition coefficient (Wildman–Crippen LogP) is 12.2. The summed E-state index contributed by atoms with van der Waals surface area (Å²) in [7, 11) is -3.61. The summed E-state index contributed by atoms with van der Waals surface area (Å²) in [5.74, 6) is -2.16. The van der Waals surface area contributed by atoms with Gasteiger partial charge >= 0.3 is 0 Å². The van der Waals surface area contributed by atoms with Crippen molar-refractivity contribution in [2.24, 2.45) is 0 Å². The minimum atomic E-state index is -2.23. The second kappa shape index (κ2) is 25.9. The highest BCUT2D eigenvalue weighted by Crippen LogP contribution is 2.40. The van der Waals surface area contributed by atoms with Crippen molar-refractivity contribution in [3.8, 4) is 12.1 Å². The van der Waals surface area contributed by atoms with Crippen molar-refractivity contribution >= 4 is 116 Å². The topological polar surface area (TPSA) is 226 Å². The third-order valence-electron chi connectivity index (χ3n) is 12.8. The van der Waals surface area contributed by atoms with Gasteiger partial charge in [-0.05, 0) is 121 Å². The largest absolute Gasteiger partial charge is 0.412 e. The van der Waals surface area contributed by atoms with Crippen molar-refractivity contribution in [3.05, 3.63) is 141 Å². The number of anilines is 2. The number of hydrogen-bond donors (Lipinski definition) is 7. The van der Waals surface area contributed by atoms with E-state index in [2.05, 4.69) is 110 Å². The van der Waals surface area contributed by atoms with E-state index in [1.165, 1.54) is 78.1 Å². The molecule has 0 saturated carbocycles. The molecule has 1 unspecified atom stereocenters. The first-order valence-corrected chi connectivity index (χ1v) is 32.3. The van der Waals surface area contributed by atoms with Crippen LogP contribution in [0, 0.1) is 35.8 Å². The van der Waals surface area contributed by atoms with Crippen LogP contribution in [-0.4, -0.2) is 68.7 Å². The van der Waals surface area contributed by atoms with Gasteiger partial charge in [-0.15, -0.1) is 0 Å². The van der Waals surface area contributed by atoms with Crippen LogP contribution in [0.3, 0.4) is 0 Å². The Morgan fingerprint density at radius 3 is 1.33 bits per heavy atom. The summed E-state index contributed by atoms with van der Waals surface area (Å²) in [5, 5.41) is 39.8. The Hall–Kier alpha value is -7.12. The number of nitrogens with zero attached hydrogens (tertiary/aromatic N) is 4. The zero-order valence-electron chi connectivity index (χ0n) is 44.0. The first kappa shape index (κ1) is 60.4. The van der Waals surface area contributed by atoms with E-state index in [9.17, 15) is 24.3 Å². The van der Waals surface area contributed by atoms with Gasteiger partial charge in [-0.3, -0.25) is 40.9 Å². The molecule has 0 aliphatic carbocycles. The molecule has 6 aromatic rings. The van der Waals surface area contributed by atoms with Gasteiger partial charge in [0.15, 0.2) is 15.7 Å². The van der Waals surface area contributed by atoms with Crippen LogP contribution in [0.4, 0.5) is 22.7 Å². The molecule has 392 valence electrons. The fourth-order valence-electron chi connectivity index (χ4n) is 6.30. The summed E-state index contributed by atoms with van der Waals surface area (Å²) in [6.07, 6.45) is -1.59. The van der Waals surface area contributed by atoms with E-state index < -0.39 is 63.6 Å². The molecule has 7 N–H and O–H groups in total. The molecule has 0 radical (unpaired) electrons. The number of aliphatic hydroxyl groups is 1. The maximum atomic E-state index is 13.4. The molecular formula is C54H63ClN10O6S2Si2. The Morgan fingerprint density at radius 1 is 0.627 bits per heavy atom. The number of benzene rings is 4. The van der Waals surface area contributed by atoms with Crippen molar-refractivity contribution < 1.29 is 28.7 Å². The smallest absolute Gasteiger partial charge is 0.269 e. The summed E-state index contributed by atoms with van der Waals surface area (Å²) >= 11 is 9.03. The second-order valence-electron chi connectivity index (χ2n) is 20.4. The third-order valence-corrected chi connectivity index (χ3v) is 24.5. The molecule has 0 saturated heterocycles. The molecule has 75 heavy (non-hydrogen) atoms. The van der Waals surface area contributed by atoms with Crippen LogP contribution in [-0.2, 0) is 14.0 Å². The Labute approximate surface area is 453 Å². The molecule has 4 atom stereocenters. The van der Waals surface area contributed by atoms with Gasteiger partial charge in [0.1, 0.15) is 12.1 Å². The average molecular weight is 1100 g/mol. The average Bonchev–Trinajstić information content (AvgIpc) is 4.07. The minimum absolute atomic E-state index is 0.0655. The minimum Gasteiger partial charge on any atom is -0.412 e. The van der Waals surface area contributed by atoms with Gasteiger partial charge in [-0.1, -0.05) is 66.8 Å². The second-order valence-corrected chi connectivity index (χ2v) is 34.2. The Morgan fingerprint density at radius 2 is 1.00 bits per heavy atom. The molecule has 0 aliphatic rings. The number of rotatable bonds is 12. The van der Waals surface area contributed by atoms with E-state index in [-0.39, 0.29) is 10.6 Å². The Balaban J connectivity index is 0.000000287. The molecule has 4 amide bonds. The lowest BCUT2D eigenvalue weighted by molar-refractivity contribution is -0.125. The summed E-state index contributed by atoms with van der Waals surface area (Å²) < 4.78 is 8.16. The van der Waals surface area contributed by atoms with Crippen molar-refractivity contribution in [3.63, 3.8) is 0 Å². The molecule has 0 aliphatic heterocycles. The number of carbonyl (C=O) groups is 4. The van der Waals surface area contributed by atoms with E-state index in [0.717, 1.165) is 20.2 Å². The molecule has 2 heterocycles. The molecule has 0 bridgehead atoms. The van der Waals surface area contributed by atoms with Crippen LogP contribution in [0.1, 0.15) is 87.2 Å². The Bertz CT molecular complexity index is 3160. The summed E-state index contributed by atoms with van der Waals surface area (Å²) in [6, 6.07) is 24.7. The lowest BCUT2D eigenvalue weighted by atomic mass is 10.1. The molecule has 4 aromatic carbocycles. The first-order valence-electron chi connectivity index (χ1n) is 23.6. The monoisotopic (exact) mass is 1100 g/mol. The normalized spacial score (nSPS) is 12.9. The standard InChI is InChI=1S/C27H31N5O3SSi.C21H17N5O3S.C6H15ClSi/c1-17(35-37(6,7)27(2,3)4)23(30-21-12-13-22(29-5)24-20(21)14-15-36-24)26(34)32-31-25(33)19-10-8-18(16-28)9-11-19;1-12(27)18(24-16-7-8-17(23-2)19-15(16)9-10-30-19)21(29)26-25-20(28)14-5-3-13(11-22)4-6-14;1-6(2,3)8(4,5)7/h8-15,17,23,30H,1-4,6-7H3,(H,31,33)(H,32,34);3-10,12,18,24,27H,1H3,(H,25,28)(H,26,29);1-5H3/t17?,23-;12-,18+;/m10./s1. The van der Waals surface area contributed by atoms with Gasteiger partial charge in [-0.25, -0.2) is 9.69 Å². The van der Waals surface area contributed by atoms with Crippen molar-refractivity contribution in [2.45, 2.75) is 116 Å². The van der Waals surface area contributed by atoms with E-state index in [4.69, 9.17) is 39.2 Å². The first-order chi connectivity index (χ1) is 35.1. The zero-order valence-corrected chi connectivity index (χ0v) is 48.4. The number of thiophene rings is 2. The SMILES string of the molecule is CC(C)(C)[Si](C)(C)Cl.[C-]#[N+]c1ccc(N[C@@H](C(=O)NNC(=O)c2ccc(C#N)cc2)C(C)O[Si](C)(C)C(C)(C)C)c2ccsc12.[C-]#[N+]c1ccc(N[C@@H](C(=O)NNC(=O)c2ccc(C#N)cc2)[C@H](C)O)c2ccsc12. The van der Waals surface area contributed by atoms with Gasteiger partial charge in [-0.2, -0.15) is 44.3 Å². The van der Waals surface area contributed by atoms with Crippen LogP contribution >= 0.6 is 33.8 Å². The van der Waals surface area contributed by atoms with E-state index in [1.54, 1.807) is 24.3 Å². The highest BCUT2D eigenvalue weighted by Gasteiger charge is 2.41. The highest BCUT2D eigenvalue weighted by molar-refractivity contribution is 7.20. The predicted molar refractivity (Wildman–Crippen MR) is 307 cm³/mol. The van der Waals surface area contributed by atoms with Crippen molar-refractivity contribution in [1.29, 1.82) is 10.5 Å². The van der Waals surface area contributed by atoms with Crippen LogP contribution in [0.25, 0.3) is 29.9 Å². The molecule has 0 spiro atoms. The summed E-state index contributed by atoms with van der Waals surface area (Å²) in [4.78, 5) is 57.9. The fourth-order valence-corrected chi connectivity index (χ4v) is 9.48. The number of hydrazine groups is 2. The van der Waals surface area contributed by atoms with Gasteiger partial charge in [0.2, 0.25) is 11.4 Å². The summed E-state index contributed by atoms with van der Waals surface area (Å²) in [6.45, 7) is 39.6. The van der Waals surface area contributed by atoms with Crippen molar-refractivity contribution in [2.75, 3.05) is 10.6 Å². The van der Waals surface area contributed by atoms with E-state index in [1.807, 2.05) is 42.0 Å². The third kappa shape index (κ3) is 16.2. The Kier molecular flexibility index (Phi) is 20.9. The van der Waals surface area contributed by atoms with E-state index >= 15 is 0 Å². The number of carbonyl (C=O) groups excluding carboxylic acids is 4. The molecule has 16 nitrogen and oxygen atoms in total. The van der Waals surface area contributed by atoms with Crippen LogP contribution < -0.4 is 32.3 Å². The lowest BCUT2D eigenvalue weighted by Gasteiger charge is -2.40. The van der Waals surface area contributed by atoms with Crippen molar-refractivity contribution in [1.82, 2.24) is 21.7 Å². The number of fused-ring (bicyclic) bond motifs is 2. The van der Waals surface area contributed by atoms with E-state index in [0.29, 0.717) is 44.5 Å². The van der Waals surface area contributed by atoms with Gasteiger partial charge in [0, 0.05) is 42.7 Å². The molecule has 0 fully saturated rings. The number of amides is 4. The number of nitriles is 2. The molecule has 21 heteroatoms. The van der Waals surface area contributed by atoms with Crippen LogP contribution in [0.2, 0.25) is 36.3 Å². The summed E-state index contributed by atoms with van der Waals surface area (Å²) in [5.41, 5.74) is 13.4. The van der Waals surface area contributed by atoms with Crippen LogP contribution in [0.15, 0.2) is 95.7 Å². The number of nitrogens with one attached hydrogen (secondary N) is 6. The maximum absolute atomic E-state index is 13.4. The molecular weight excluding hydrogens is 1040 g/mol. The number of halogens is 1.